The predicted molar refractivity (Wildman–Crippen MR) is 76.6 cm³/mol. The molecule has 0 fully saturated rings. The third-order valence-electron chi connectivity index (χ3n) is 3.25. The highest BCUT2D eigenvalue weighted by Crippen LogP contribution is 2.18. The number of carbonyl (C=O) groups is 2. The van der Waals surface area contributed by atoms with E-state index in [1.807, 2.05) is 24.3 Å². The Morgan fingerprint density at radius 2 is 2.05 bits per heavy atom. The lowest BCUT2D eigenvalue weighted by atomic mass is 10.0. The summed E-state index contributed by atoms with van der Waals surface area (Å²) in [4.78, 5) is 25.7. The number of carbonyl (C=O) groups excluding carboxylic acids is 1. The fourth-order valence-electron chi connectivity index (χ4n) is 2.09. The Morgan fingerprint density at radius 3 is 2.71 bits per heavy atom. The Balaban J connectivity index is 2.05. The molecule has 2 aromatic rings. The maximum atomic E-state index is 11.9. The molecule has 2 atom stereocenters. The SMILES string of the molecule is N[C@H](Cc1c[nH]c2ccccc12)C(=O)NC(CO)C(=O)O. The number of nitrogens with two attached hydrogens (primary N) is 1. The highest BCUT2D eigenvalue weighted by atomic mass is 16.4. The lowest BCUT2D eigenvalue weighted by Gasteiger charge is -2.15. The van der Waals surface area contributed by atoms with Crippen molar-refractivity contribution in [1.29, 1.82) is 0 Å². The first-order valence-electron chi connectivity index (χ1n) is 6.47. The molecule has 21 heavy (non-hydrogen) atoms. The first-order chi connectivity index (χ1) is 10.0. The fraction of sp³-hybridized carbons (Fsp3) is 0.286. The van der Waals surface area contributed by atoms with E-state index < -0.39 is 30.6 Å². The number of aromatic nitrogens is 1. The number of carboxylic acids is 1. The second-order valence-electron chi connectivity index (χ2n) is 4.75. The summed E-state index contributed by atoms with van der Waals surface area (Å²) in [5.74, 6) is -1.91. The summed E-state index contributed by atoms with van der Waals surface area (Å²) in [5, 5.41) is 20.8. The summed E-state index contributed by atoms with van der Waals surface area (Å²) in [6.45, 7) is -0.680. The van der Waals surface area contributed by atoms with Gasteiger partial charge in [-0.2, -0.15) is 0 Å². The molecule has 1 aromatic heterocycles. The fourth-order valence-corrected chi connectivity index (χ4v) is 2.09. The number of benzene rings is 1. The van der Waals surface area contributed by atoms with E-state index in [1.54, 1.807) is 6.20 Å². The van der Waals surface area contributed by atoms with E-state index in [2.05, 4.69) is 10.3 Å². The van der Waals surface area contributed by atoms with E-state index in [0.29, 0.717) is 0 Å². The number of H-pyrrole nitrogens is 1. The molecule has 0 bridgehead atoms. The zero-order valence-corrected chi connectivity index (χ0v) is 11.2. The largest absolute Gasteiger partial charge is 0.480 e. The number of fused-ring (bicyclic) bond motifs is 1. The minimum atomic E-state index is -1.34. The molecule has 2 rings (SSSR count). The summed E-state index contributed by atoms with van der Waals surface area (Å²) in [6.07, 6.45) is 2.05. The Kier molecular flexibility index (Phi) is 4.56. The Labute approximate surface area is 120 Å². The summed E-state index contributed by atoms with van der Waals surface area (Å²) in [5.41, 5.74) is 7.62. The minimum absolute atomic E-state index is 0.271. The van der Waals surface area contributed by atoms with E-state index in [9.17, 15) is 9.59 Å². The van der Waals surface area contributed by atoms with Gasteiger partial charge in [-0.25, -0.2) is 4.79 Å². The molecule has 0 saturated carbocycles. The number of aliphatic hydroxyl groups excluding tert-OH is 1. The highest BCUT2D eigenvalue weighted by Gasteiger charge is 2.23. The molecule has 1 unspecified atom stereocenters. The normalized spacial score (nSPS) is 13.8. The van der Waals surface area contributed by atoms with Crippen molar-refractivity contribution in [3.05, 3.63) is 36.0 Å². The highest BCUT2D eigenvalue weighted by molar-refractivity contribution is 5.88. The van der Waals surface area contributed by atoms with E-state index in [4.69, 9.17) is 15.9 Å². The van der Waals surface area contributed by atoms with Crippen LogP contribution in [0.5, 0.6) is 0 Å². The molecule has 0 aliphatic rings. The molecule has 6 N–H and O–H groups in total. The molecule has 1 heterocycles. The van der Waals surface area contributed by atoms with Gasteiger partial charge < -0.3 is 26.2 Å². The van der Waals surface area contributed by atoms with Crippen molar-refractivity contribution in [2.45, 2.75) is 18.5 Å². The van der Waals surface area contributed by atoms with Crippen molar-refractivity contribution in [1.82, 2.24) is 10.3 Å². The predicted octanol–water partition coefficient (Wildman–Crippen LogP) is -0.401. The van der Waals surface area contributed by atoms with Crippen LogP contribution in [0.4, 0.5) is 0 Å². The van der Waals surface area contributed by atoms with Gasteiger partial charge in [-0.05, 0) is 18.1 Å². The number of rotatable bonds is 6. The molecule has 7 nitrogen and oxygen atoms in total. The zero-order valence-electron chi connectivity index (χ0n) is 11.2. The van der Waals surface area contributed by atoms with Gasteiger partial charge in [0, 0.05) is 17.1 Å². The molecule has 0 aliphatic carbocycles. The second-order valence-corrected chi connectivity index (χ2v) is 4.75. The van der Waals surface area contributed by atoms with Crippen molar-refractivity contribution in [3.8, 4) is 0 Å². The molecule has 0 spiro atoms. The smallest absolute Gasteiger partial charge is 0.328 e. The van der Waals surface area contributed by atoms with Gasteiger partial charge in [0.05, 0.1) is 12.6 Å². The Bertz CT molecular complexity index is 652. The summed E-state index contributed by atoms with van der Waals surface area (Å²) in [7, 11) is 0. The molecule has 0 aliphatic heterocycles. The van der Waals surface area contributed by atoms with Crippen LogP contribution in [-0.2, 0) is 16.0 Å². The van der Waals surface area contributed by atoms with Crippen LogP contribution in [0.15, 0.2) is 30.5 Å². The number of hydrogen-bond acceptors (Lipinski definition) is 4. The first kappa shape index (κ1) is 15.0. The first-order valence-corrected chi connectivity index (χ1v) is 6.47. The number of para-hydroxylation sites is 1. The van der Waals surface area contributed by atoms with Crippen molar-refractivity contribution >= 4 is 22.8 Å². The number of aliphatic carboxylic acids is 1. The maximum absolute atomic E-state index is 11.9. The summed E-state index contributed by atoms with van der Waals surface area (Å²) in [6, 6.07) is 5.38. The third kappa shape index (κ3) is 3.39. The Hall–Kier alpha value is -2.38. The third-order valence-corrected chi connectivity index (χ3v) is 3.25. The molecule has 1 amide bonds. The molecular weight excluding hydrogens is 274 g/mol. The van der Waals surface area contributed by atoms with Crippen LogP contribution in [0.3, 0.4) is 0 Å². The van der Waals surface area contributed by atoms with E-state index in [1.165, 1.54) is 0 Å². The van der Waals surface area contributed by atoms with Crippen LogP contribution in [0.2, 0.25) is 0 Å². The van der Waals surface area contributed by atoms with Crippen LogP contribution in [0.25, 0.3) is 10.9 Å². The average Bonchev–Trinajstić information content (AvgIpc) is 2.87. The van der Waals surface area contributed by atoms with Crippen molar-refractivity contribution in [2.75, 3.05) is 6.61 Å². The number of hydrogen-bond donors (Lipinski definition) is 5. The molecule has 1 aromatic carbocycles. The number of aromatic amines is 1. The van der Waals surface area contributed by atoms with Gasteiger partial charge in [-0.3, -0.25) is 4.79 Å². The van der Waals surface area contributed by atoms with Gasteiger partial charge in [-0.15, -0.1) is 0 Å². The van der Waals surface area contributed by atoms with Crippen LogP contribution in [0.1, 0.15) is 5.56 Å². The number of carboxylic acid groups (broad SMARTS) is 1. The van der Waals surface area contributed by atoms with Crippen LogP contribution in [-0.4, -0.2) is 45.8 Å². The van der Waals surface area contributed by atoms with Crippen LogP contribution < -0.4 is 11.1 Å². The second kappa shape index (κ2) is 6.38. The lowest BCUT2D eigenvalue weighted by molar-refractivity contribution is -0.143. The van der Waals surface area contributed by atoms with Gasteiger partial charge in [0.15, 0.2) is 0 Å². The number of nitrogens with one attached hydrogen (secondary N) is 2. The van der Waals surface area contributed by atoms with E-state index >= 15 is 0 Å². The minimum Gasteiger partial charge on any atom is -0.480 e. The summed E-state index contributed by atoms with van der Waals surface area (Å²) < 4.78 is 0. The monoisotopic (exact) mass is 291 g/mol. The van der Waals surface area contributed by atoms with Gasteiger partial charge in [0.1, 0.15) is 6.04 Å². The molecule has 112 valence electrons. The van der Waals surface area contributed by atoms with Gasteiger partial charge in [0.2, 0.25) is 5.91 Å². The zero-order chi connectivity index (χ0) is 15.4. The quantitative estimate of drug-likeness (QED) is 0.494. The van der Waals surface area contributed by atoms with E-state index in [-0.39, 0.29) is 6.42 Å². The molecule has 7 heteroatoms. The Morgan fingerprint density at radius 1 is 1.33 bits per heavy atom. The van der Waals surface area contributed by atoms with Gasteiger partial charge in [-0.1, -0.05) is 18.2 Å². The number of aliphatic hydroxyl groups is 1. The van der Waals surface area contributed by atoms with Crippen LogP contribution >= 0.6 is 0 Å². The molecular formula is C14H17N3O4. The van der Waals surface area contributed by atoms with Crippen LogP contribution in [0, 0.1) is 0 Å². The van der Waals surface area contributed by atoms with Crippen molar-refractivity contribution in [3.63, 3.8) is 0 Å². The summed E-state index contributed by atoms with van der Waals surface area (Å²) >= 11 is 0. The maximum Gasteiger partial charge on any atom is 0.328 e. The van der Waals surface area contributed by atoms with Gasteiger partial charge in [0.25, 0.3) is 0 Å². The van der Waals surface area contributed by atoms with Crippen molar-refractivity contribution < 1.29 is 19.8 Å². The van der Waals surface area contributed by atoms with Crippen molar-refractivity contribution in [2.24, 2.45) is 5.73 Å². The number of amides is 1. The van der Waals surface area contributed by atoms with E-state index in [0.717, 1.165) is 16.5 Å². The average molecular weight is 291 g/mol. The lowest BCUT2D eigenvalue weighted by Crippen LogP contribution is -2.50. The standard InChI is InChI=1S/C14H17N3O4/c15-10(13(19)17-12(7-18)14(20)21)5-8-6-16-11-4-2-1-3-9(8)11/h1-4,6,10,12,16,18H,5,7,15H2,(H,17,19)(H,20,21)/t10-,12?/m1/s1. The molecule has 0 radical (unpaired) electrons. The topological polar surface area (TPSA) is 128 Å². The molecule has 0 saturated heterocycles. The van der Waals surface area contributed by atoms with Gasteiger partial charge >= 0.3 is 5.97 Å².